The molecule has 0 amide bonds. The van der Waals surface area contributed by atoms with Gasteiger partial charge in [-0.3, -0.25) is 4.79 Å². The SMILES string of the molecule is C#CC(C(=O)O)c1cccs1. The predicted octanol–water partition coefficient (Wildman–Crippen LogP) is 1.55. The fourth-order valence-electron chi connectivity index (χ4n) is 0.731. The van der Waals surface area contributed by atoms with E-state index in [2.05, 4.69) is 5.92 Å². The number of terminal acetylenes is 1. The molecule has 11 heavy (non-hydrogen) atoms. The second-order valence-corrected chi connectivity index (χ2v) is 2.93. The molecule has 0 saturated heterocycles. The molecule has 1 N–H and O–H groups in total. The van der Waals surface area contributed by atoms with E-state index in [9.17, 15) is 4.79 Å². The van der Waals surface area contributed by atoms with Gasteiger partial charge in [0.15, 0.2) is 5.92 Å². The van der Waals surface area contributed by atoms with Gasteiger partial charge in [-0.05, 0) is 11.4 Å². The van der Waals surface area contributed by atoms with E-state index >= 15 is 0 Å². The van der Waals surface area contributed by atoms with E-state index in [1.165, 1.54) is 11.3 Å². The molecule has 0 aliphatic carbocycles. The standard InChI is InChI=1S/C8H6O2S/c1-2-6(8(9)10)7-4-3-5-11-7/h1,3-6H,(H,9,10). The molecule has 56 valence electrons. The van der Waals surface area contributed by atoms with Gasteiger partial charge in [-0.2, -0.15) is 0 Å². The lowest BCUT2D eigenvalue weighted by molar-refractivity contribution is -0.137. The Kier molecular flexibility index (Phi) is 2.29. The molecule has 2 nitrogen and oxygen atoms in total. The first-order valence-electron chi connectivity index (χ1n) is 2.98. The molecule has 1 unspecified atom stereocenters. The zero-order chi connectivity index (χ0) is 8.27. The van der Waals surface area contributed by atoms with E-state index in [1.54, 1.807) is 12.1 Å². The first kappa shape index (κ1) is 7.83. The van der Waals surface area contributed by atoms with Crippen molar-refractivity contribution in [1.29, 1.82) is 0 Å². The number of hydrogen-bond donors (Lipinski definition) is 1. The van der Waals surface area contributed by atoms with Crippen molar-refractivity contribution in [3.8, 4) is 12.3 Å². The van der Waals surface area contributed by atoms with Gasteiger partial charge in [0.05, 0.1) is 0 Å². The third-order valence-corrected chi connectivity index (χ3v) is 2.18. The van der Waals surface area contributed by atoms with Crippen LogP contribution >= 0.6 is 11.3 Å². The van der Waals surface area contributed by atoms with Crippen LogP contribution in [0.4, 0.5) is 0 Å². The first-order valence-corrected chi connectivity index (χ1v) is 3.86. The Bertz CT molecular complexity index is 282. The number of hydrogen-bond acceptors (Lipinski definition) is 2. The maximum atomic E-state index is 10.5. The van der Waals surface area contributed by atoms with Crippen LogP contribution in [-0.4, -0.2) is 11.1 Å². The van der Waals surface area contributed by atoms with Gasteiger partial charge in [0, 0.05) is 4.88 Å². The highest BCUT2D eigenvalue weighted by Crippen LogP contribution is 2.20. The fourth-order valence-corrected chi connectivity index (χ4v) is 1.51. The van der Waals surface area contributed by atoms with Crippen molar-refractivity contribution < 1.29 is 9.90 Å². The van der Waals surface area contributed by atoms with Crippen LogP contribution in [0.15, 0.2) is 17.5 Å². The van der Waals surface area contributed by atoms with Gasteiger partial charge < -0.3 is 5.11 Å². The van der Waals surface area contributed by atoms with E-state index in [-0.39, 0.29) is 0 Å². The number of carboxylic acids is 1. The topological polar surface area (TPSA) is 37.3 Å². The molecule has 3 heteroatoms. The maximum Gasteiger partial charge on any atom is 0.324 e. The fraction of sp³-hybridized carbons (Fsp3) is 0.125. The lowest BCUT2D eigenvalue weighted by atomic mass is 10.1. The Morgan fingerprint density at radius 3 is 2.91 bits per heavy atom. The normalized spacial score (nSPS) is 11.9. The van der Waals surface area contributed by atoms with E-state index in [0.29, 0.717) is 4.88 Å². The second-order valence-electron chi connectivity index (χ2n) is 1.95. The number of carbonyl (C=O) groups is 1. The van der Waals surface area contributed by atoms with E-state index in [1.807, 2.05) is 5.38 Å². The molecule has 1 aromatic heterocycles. The first-order chi connectivity index (χ1) is 5.25. The van der Waals surface area contributed by atoms with Crippen LogP contribution in [-0.2, 0) is 4.79 Å². The van der Waals surface area contributed by atoms with Gasteiger partial charge >= 0.3 is 5.97 Å². The van der Waals surface area contributed by atoms with E-state index in [0.717, 1.165) is 0 Å². The lowest BCUT2D eigenvalue weighted by Gasteiger charge is -1.99. The molecule has 0 aromatic carbocycles. The lowest BCUT2D eigenvalue weighted by Crippen LogP contribution is -2.07. The summed E-state index contributed by atoms with van der Waals surface area (Å²) in [5, 5.41) is 10.4. The Morgan fingerprint density at radius 2 is 2.55 bits per heavy atom. The monoisotopic (exact) mass is 166 g/mol. The highest BCUT2D eigenvalue weighted by Gasteiger charge is 2.16. The summed E-state index contributed by atoms with van der Waals surface area (Å²) in [4.78, 5) is 11.2. The van der Waals surface area contributed by atoms with Crippen LogP contribution in [0.3, 0.4) is 0 Å². The molecule has 0 aliphatic rings. The highest BCUT2D eigenvalue weighted by molar-refractivity contribution is 7.10. The van der Waals surface area contributed by atoms with Crippen molar-refractivity contribution in [2.45, 2.75) is 5.92 Å². The van der Waals surface area contributed by atoms with Crippen LogP contribution in [0, 0.1) is 12.3 Å². The molecule has 1 atom stereocenters. The smallest absolute Gasteiger partial charge is 0.324 e. The van der Waals surface area contributed by atoms with Crippen molar-refractivity contribution >= 4 is 17.3 Å². The van der Waals surface area contributed by atoms with Crippen molar-refractivity contribution in [1.82, 2.24) is 0 Å². The summed E-state index contributed by atoms with van der Waals surface area (Å²) in [5.74, 6) is 0.469. The summed E-state index contributed by atoms with van der Waals surface area (Å²) in [5.41, 5.74) is 0. The zero-order valence-corrected chi connectivity index (χ0v) is 6.47. The minimum atomic E-state index is -0.963. The highest BCUT2D eigenvalue weighted by atomic mass is 32.1. The second kappa shape index (κ2) is 3.22. The van der Waals surface area contributed by atoms with Crippen molar-refractivity contribution in [2.75, 3.05) is 0 Å². The van der Waals surface area contributed by atoms with Crippen LogP contribution in [0.5, 0.6) is 0 Å². The van der Waals surface area contributed by atoms with Crippen LogP contribution < -0.4 is 0 Å². The van der Waals surface area contributed by atoms with Crippen molar-refractivity contribution in [3.05, 3.63) is 22.4 Å². The summed E-state index contributed by atoms with van der Waals surface area (Å²) in [6.07, 6.45) is 5.04. The summed E-state index contributed by atoms with van der Waals surface area (Å²) < 4.78 is 0. The van der Waals surface area contributed by atoms with Gasteiger partial charge in [-0.1, -0.05) is 12.0 Å². The number of thiophene rings is 1. The molecule has 0 fully saturated rings. The van der Waals surface area contributed by atoms with E-state index in [4.69, 9.17) is 11.5 Å². The molecular formula is C8H6O2S. The Morgan fingerprint density at radius 1 is 1.82 bits per heavy atom. The van der Waals surface area contributed by atoms with Gasteiger partial charge in [0.25, 0.3) is 0 Å². The molecular weight excluding hydrogens is 160 g/mol. The van der Waals surface area contributed by atoms with Crippen LogP contribution in [0.25, 0.3) is 0 Å². The Hall–Kier alpha value is -1.27. The number of carboxylic acid groups (broad SMARTS) is 1. The minimum Gasteiger partial charge on any atom is -0.480 e. The van der Waals surface area contributed by atoms with Crippen molar-refractivity contribution in [3.63, 3.8) is 0 Å². The summed E-state index contributed by atoms with van der Waals surface area (Å²) in [7, 11) is 0. The maximum absolute atomic E-state index is 10.5. The third kappa shape index (κ3) is 1.60. The van der Waals surface area contributed by atoms with Gasteiger partial charge in [0.1, 0.15) is 0 Å². The van der Waals surface area contributed by atoms with Crippen molar-refractivity contribution in [2.24, 2.45) is 0 Å². The zero-order valence-electron chi connectivity index (χ0n) is 5.65. The van der Waals surface area contributed by atoms with E-state index < -0.39 is 11.9 Å². The molecule has 1 heterocycles. The summed E-state index contributed by atoms with van der Waals surface area (Å²) in [6.45, 7) is 0. The number of rotatable bonds is 2. The summed E-state index contributed by atoms with van der Waals surface area (Å²) >= 11 is 1.36. The van der Waals surface area contributed by atoms with Crippen LogP contribution in [0.2, 0.25) is 0 Å². The quantitative estimate of drug-likeness (QED) is 0.677. The molecule has 0 aliphatic heterocycles. The predicted molar refractivity (Wildman–Crippen MR) is 43.5 cm³/mol. The minimum absolute atomic E-state index is 0.708. The molecule has 0 saturated carbocycles. The molecule has 0 spiro atoms. The molecule has 1 rings (SSSR count). The summed E-state index contributed by atoms with van der Waals surface area (Å²) in [6, 6.07) is 3.51. The van der Waals surface area contributed by atoms with Gasteiger partial charge in [-0.15, -0.1) is 17.8 Å². The molecule has 0 bridgehead atoms. The van der Waals surface area contributed by atoms with Crippen LogP contribution in [0.1, 0.15) is 10.8 Å². The third-order valence-electron chi connectivity index (χ3n) is 1.24. The largest absolute Gasteiger partial charge is 0.480 e. The Labute approximate surface area is 68.5 Å². The van der Waals surface area contributed by atoms with Gasteiger partial charge in [0.2, 0.25) is 0 Å². The average molecular weight is 166 g/mol. The average Bonchev–Trinajstić information content (AvgIpc) is 2.40. The molecule has 0 radical (unpaired) electrons. The Balaban J connectivity index is 2.91. The van der Waals surface area contributed by atoms with Gasteiger partial charge in [-0.25, -0.2) is 0 Å². The molecule has 1 aromatic rings. The number of aliphatic carboxylic acids is 1.